The second-order valence-electron chi connectivity index (χ2n) is 7.87. The molecular formula is C21H25ClF2N4O2. The van der Waals surface area contributed by atoms with E-state index in [4.69, 9.17) is 16.3 Å². The van der Waals surface area contributed by atoms with Crippen molar-refractivity contribution in [1.82, 2.24) is 9.78 Å². The van der Waals surface area contributed by atoms with Gasteiger partial charge in [0.05, 0.1) is 24.5 Å². The van der Waals surface area contributed by atoms with Crippen LogP contribution in [-0.2, 0) is 4.74 Å². The van der Waals surface area contributed by atoms with E-state index in [2.05, 4.69) is 10.4 Å². The Kier molecular flexibility index (Phi) is 6.53. The van der Waals surface area contributed by atoms with E-state index in [1.54, 1.807) is 11.1 Å². The van der Waals surface area contributed by atoms with Gasteiger partial charge in [0.2, 0.25) is 0 Å². The van der Waals surface area contributed by atoms with Gasteiger partial charge in [0.15, 0.2) is 0 Å². The fourth-order valence-corrected chi connectivity index (χ4v) is 4.38. The summed E-state index contributed by atoms with van der Waals surface area (Å²) < 4.78 is 35.0. The number of anilines is 2. The van der Waals surface area contributed by atoms with Crippen molar-refractivity contribution in [3.05, 3.63) is 51.4 Å². The number of nitrogens with zero attached hydrogens (tertiary/aromatic N) is 3. The molecule has 162 valence electrons. The molecule has 2 aromatic rings. The molecule has 0 radical (unpaired) electrons. The lowest BCUT2D eigenvalue weighted by Crippen LogP contribution is -2.39. The molecule has 0 saturated carbocycles. The number of rotatable bonds is 5. The van der Waals surface area contributed by atoms with Gasteiger partial charge in [-0.2, -0.15) is 5.10 Å². The highest BCUT2D eigenvalue weighted by Gasteiger charge is 2.26. The maximum atomic E-state index is 14.0. The van der Waals surface area contributed by atoms with Gasteiger partial charge >= 0.3 is 0 Å². The van der Waals surface area contributed by atoms with Crippen LogP contribution < -0.4 is 15.8 Å². The molecule has 1 atom stereocenters. The first-order valence-corrected chi connectivity index (χ1v) is 10.7. The number of aromatic nitrogens is 2. The molecule has 0 amide bonds. The predicted molar refractivity (Wildman–Crippen MR) is 112 cm³/mol. The molecular weight excluding hydrogens is 414 g/mol. The van der Waals surface area contributed by atoms with Gasteiger partial charge in [-0.05, 0) is 43.7 Å². The van der Waals surface area contributed by atoms with Crippen molar-refractivity contribution in [3.8, 4) is 0 Å². The van der Waals surface area contributed by atoms with E-state index in [0.717, 1.165) is 19.4 Å². The molecule has 3 heterocycles. The van der Waals surface area contributed by atoms with Crippen LogP contribution in [0, 0.1) is 17.6 Å². The Labute approximate surface area is 178 Å². The number of benzene rings is 1. The number of halogens is 3. The van der Waals surface area contributed by atoms with Crippen LogP contribution in [0.15, 0.2) is 29.2 Å². The smallest absolute Gasteiger partial charge is 0.287 e. The third kappa shape index (κ3) is 4.44. The molecule has 2 fully saturated rings. The molecule has 0 aliphatic carbocycles. The van der Waals surface area contributed by atoms with Gasteiger partial charge in [-0.25, -0.2) is 13.5 Å². The molecule has 4 rings (SSSR count). The fraction of sp³-hybridized carbons (Fsp3) is 0.524. The lowest BCUT2D eigenvalue weighted by atomic mass is 10.0. The quantitative estimate of drug-likeness (QED) is 0.768. The molecule has 30 heavy (non-hydrogen) atoms. The number of hydrogen-bond donors (Lipinski definition) is 1. The van der Waals surface area contributed by atoms with E-state index < -0.39 is 11.6 Å². The van der Waals surface area contributed by atoms with E-state index in [0.29, 0.717) is 50.7 Å². The Morgan fingerprint density at radius 1 is 1.20 bits per heavy atom. The van der Waals surface area contributed by atoms with Gasteiger partial charge in [-0.3, -0.25) is 4.79 Å². The second kappa shape index (κ2) is 9.31. The van der Waals surface area contributed by atoms with Crippen LogP contribution >= 0.6 is 11.6 Å². The molecule has 0 bridgehead atoms. The standard InChI is InChI=1S/C21H25ClF2N4O2/c22-19-18(25-11-14-3-2-10-30-13-14)12-26-28(21(19)29)15-6-8-27(9-7-15)20-16(23)4-1-5-17(20)24/h1,4-5,12,14-15,25H,2-3,6-11,13H2/t14-/m1/s1. The van der Waals surface area contributed by atoms with E-state index in [1.807, 2.05) is 0 Å². The first kappa shape index (κ1) is 21.1. The molecule has 9 heteroatoms. The Morgan fingerprint density at radius 3 is 2.60 bits per heavy atom. The number of nitrogens with one attached hydrogen (secondary N) is 1. The first-order chi connectivity index (χ1) is 14.5. The summed E-state index contributed by atoms with van der Waals surface area (Å²) >= 11 is 6.32. The van der Waals surface area contributed by atoms with Crippen molar-refractivity contribution >= 4 is 23.0 Å². The second-order valence-corrected chi connectivity index (χ2v) is 8.25. The molecule has 2 aliphatic heterocycles. The van der Waals surface area contributed by atoms with Crippen LogP contribution in [0.25, 0.3) is 0 Å². The molecule has 0 unspecified atom stereocenters. The van der Waals surface area contributed by atoms with Crippen LogP contribution in [0.5, 0.6) is 0 Å². The zero-order valence-electron chi connectivity index (χ0n) is 16.6. The Bertz CT molecular complexity index is 921. The van der Waals surface area contributed by atoms with Crippen molar-refractivity contribution in [3.63, 3.8) is 0 Å². The third-order valence-electron chi connectivity index (χ3n) is 5.84. The summed E-state index contributed by atoms with van der Waals surface area (Å²) in [5.74, 6) is -0.767. The minimum atomic E-state index is -0.578. The monoisotopic (exact) mass is 438 g/mol. The third-order valence-corrected chi connectivity index (χ3v) is 6.21. The Hall–Kier alpha value is -2.19. The Balaban J connectivity index is 1.41. The van der Waals surface area contributed by atoms with Crippen LogP contribution in [0.2, 0.25) is 5.02 Å². The minimum absolute atomic E-state index is 0.0134. The molecule has 1 aromatic carbocycles. The highest BCUT2D eigenvalue weighted by Crippen LogP contribution is 2.30. The van der Waals surface area contributed by atoms with Crippen LogP contribution in [0.4, 0.5) is 20.2 Å². The number of para-hydroxylation sites is 1. The summed E-state index contributed by atoms with van der Waals surface area (Å²) in [7, 11) is 0. The lowest BCUT2D eigenvalue weighted by molar-refractivity contribution is 0.0595. The van der Waals surface area contributed by atoms with Crippen LogP contribution in [0.3, 0.4) is 0 Å². The first-order valence-electron chi connectivity index (χ1n) is 10.3. The maximum Gasteiger partial charge on any atom is 0.287 e. The van der Waals surface area contributed by atoms with E-state index in [-0.39, 0.29) is 22.3 Å². The molecule has 0 spiro atoms. The minimum Gasteiger partial charge on any atom is -0.382 e. The highest BCUT2D eigenvalue weighted by molar-refractivity contribution is 6.32. The van der Waals surface area contributed by atoms with Gasteiger partial charge in [0.25, 0.3) is 5.56 Å². The topological polar surface area (TPSA) is 59.4 Å². The van der Waals surface area contributed by atoms with Crippen LogP contribution in [-0.4, -0.2) is 42.6 Å². The average Bonchev–Trinajstić information content (AvgIpc) is 2.76. The zero-order valence-corrected chi connectivity index (χ0v) is 17.4. The maximum absolute atomic E-state index is 14.0. The van der Waals surface area contributed by atoms with Gasteiger partial charge in [-0.15, -0.1) is 0 Å². The van der Waals surface area contributed by atoms with Crippen molar-refractivity contribution in [1.29, 1.82) is 0 Å². The van der Waals surface area contributed by atoms with Gasteiger partial charge in [-0.1, -0.05) is 17.7 Å². The van der Waals surface area contributed by atoms with Crippen molar-refractivity contribution < 1.29 is 13.5 Å². The van der Waals surface area contributed by atoms with Gasteiger partial charge < -0.3 is 15.0 Å². The van der Waals surface area contributed by atoms with Gasteiger partial charge in [0.1, 0.15) is 22.3 Å². The normalized spacial score (nSPS) is 20.4. The Morgan fingerprint density at radius 2 is 1.93 bits per heavy atom. The summed E-state index contributed by atoms with van der Waals surface area (Å²) in [5.41, 5.74) is 0.159. The summed E-state index contributed by atoms with van der Waals surface area (Å²) in [5, 5.41) is 7.65. The summed E-state index contributed by atoms with van der Waals surface area (Å²) in [6, 6.07) is 3.69. The van der Waals surface area contributed by atoms with Crippen molar-refractivity contribution in [2.24, 2.45) is 5.92 Å². The van der Waals surface area contributed by atoms with Crippen molar-refractivity contribution in [2.75, 3.05) is 43.1 Å². The van der Waals surface area contributed by atoms with E-state index >= 15 is 0 Å². The fourth-order valence-electron chi connectivity index (χ4n) is 4.18. The summed E-state index contributed by atoms with van der Waals surface area (Å²) in [6.45, 7) is 3.04. The van der Waals surface area contributed by atoms with Crippen LogP contribution in [0.1, 0.15) is 31.7 Å². The molecule has 1 aromatic heterocycles. The zero-order chi connectivity index (χ0) is 21.1. The van der Waals surface area contributed by atoms with Gasteiger partial charge in [0, 0.05) is 26.2 Å². The SMILES string of the molecule is O=c1c(Cl)c(NC[C@H]2CCCOC2)cnn1C1CCN(c2c(F)cccc2F)CC1. The molecule has 6 nitrogen and oxygen atoms in total. The van der Waals surface area contributed by atoms with E-state index in [9.17, 15) is 13.6 Å². The lowest BCUT2D eigenvalue weighted by Gasteiger charge is -2.34. The largest absolute Gasteiger partial charge is 0.382 e. The number of ether oxygens (including phenoxy) is 1. The van der Waals surface area contributed by atoms with E-state index in [1.165, 1.54) is 22.9 Å². The van der Waals surface area contributed by atoms with Crippen molar-refractivity contribution in [2.45, 2.75) is 31.7 Å². The number of piperidine rings is 1. The summed E-state index contributed by atoms with van der Waals surface area (Å²) in [4.78, 5) is 14.4. The predicted octanol–water partition coefficient (Wildman–Crippen LogP) is 3.85. The number of hydrogen-bond acceptors (Lipinski definition) is 5. The summed E-state index contributed by atoms with van der Waals surface area (Å²) in [6.07, 6.45) is 4.79. The molecule has 2 aliphatic rings. The average molecular weight is 439 g/mol. The molecule has 1 N–H and O–H groups in total. The highest BCUT2D eigenvalue weighted by atomic mass is 35.5. The molecule has 2 saturated heterocycles.